The maximum absolute atomic E-state index is 5.40. The number of rotatable bonds is 2. The molecule has 0 amide bonds. The summed E-state index contributed by atoms with van der Waals surface area (Å²) in [5, 5.41) is 7.45. The van der Waals surface area contributed by atoms with E-state index in [4.69, 9.17) is 10.5 Å². The number of anilines is 1. The van der Waals surface area contributed by atoms with Gasteiger partial charge in [0.1, 0.15) is 11.6 Å². The molecule has 1 aromatic heterocycles. The fraction of sp³-hybridized carbons (Fsp3) is 0. The van der Waals surface area contributed by atoms with Crippen LogP contribution in [0.25, 0.3) is 0 Å². The van der Waals surface area contributed by atoms with Crippen LogP contribution in [0.4, 0.5) is 5.82 Å². The largest absolute Gasteiger partial charge is 0.438 e. The van der Waals surface area contributed by atoms with Gasteiger partial charge in [-0.2, -0.15) is 0 Å². The molecule has 70 valence electrons. The Balaban J connectivity index is 2.16. The van der Waals surface area contributed by atoms with Gasteiger partial charge in [-0.25, -0.2) is 0 Å². The summed E-state index contributed by atoms with van der Waals surface area (Å²) in [6.07, 6.45) is 0. The van der Waals surface area contributed by atoms with Gasteiger partial charge in [0.05, 0.1) is 0 Å². The Labute approximate surface area is 81.3 Å². The monoisotopic (exact) mass is 187 g/mol. The van der Waals surface area contributed by atoms with E-state index in [1.54, 1.807) is 12.1 Å². The molecule has 0 bridgehead atoms. The lowest BCUT2D eigenvalue weighted by atomic mass is 10.3. The molecule has 0 atom stereocenters. The first-order chi connectivity index (χ1) is 6.84. The molecule has 2 aromatic rings. The van der Waals surface area contributed by atoms with E-state index in [0.29, 0.717) is 11.7 Å². The number of hydrogen-bond donors (Lipinski definition) is 1. The number of para-hydroxylation sites is 1. The standard InChI is InChI=1S/C10H9N3O/c11-9-6-7-10(13-12-9)14-8-4-2-1-3-5-8/h1-7H,(H2,11,12). The van der Waals surface area contributed by atoms with Gasteiger partial charge in [0.25, 0.3) is 0 Å². The van der Waals surface area contributed by atoms with Crippen molar-refractivity contribution in [2.24, 2.45) is 0 Å². The zero-order valence-electron chi connectivity index (χ0n) is 7.42. The van der Waals surface area contributed by atoms with Crippen LogP contribution in [0.5, 0.6) is 11.6 Å². The number of hydrogen-bond acceptors (Lipinski definition) is 4. The number of ether oxygens (including phenoxy) is 1. The Bertz CT molecular complexity index is 399. The smallest absolute Gasteiger partial charge is 0.238 e. The minimum Gasteiger partial charge on any atom is -0.438 e. The van der Waals surface area contributed by atoms with Crippen molar-refractivity contribution in [3.63, 3.8) is 0 Å². The molecule has 2 N–H and O–H groups in total. The zero-order chi connectivity index (χ0) is 9.80. The molecule has 1 aromatic carbocycles. The summed E-state index contributed by atoms with van der Waals surface area (Å²) in [7, 11) is 0. The normalized spacial score (nSPS) is 9.71. The third kappa shape index (κ3) is 1.98. The van der Waals surface area contributed by atoms with Crippen LogP contribution in [0.3, 0.4) is 0 Å². The number of nitrogens with zero attached hydrogens (tertiary/aromatic N) is 2. The Kier molecular flexibility index (Phi) is 2.27. The Morgan fingerprint density at radius 2 is 1.71 bits per heavy atom. The van der Waals surface area contributed by atoms with Crippen molar-refractivity contribution >= 4 is 5.82 Å². The van der Waals surface area contributed by atoms with Gasteiger partial charge in [0.2, 0.25) is 5.88 Å². The van der Waals surface area contributed by atoms with Crippen LogP contribution < -0.4 is 10.5 Å². The molecule has 0 saturated heterocycles. The number of aromatic nitrogens is 2. The molecule has 0 fully saturated rings. The summed E-state index contributed by atoms with van der Waals surface area (Å²) >= 11 is 0. The predicted octanol–water partition coefficient (Wildman–Crippen LogP) is 1.85. The Morgan fingerprint density at radius 3 is 2.36 bits per heavy atom. The van der Waals surface area contributed by atoms with Gasteiger partial charge in [-0.1, -0.05) is 18.2 Å². The first kappa shape index (κ1) is 8.50. The van der Waals surface area contributed by atoms with Crippen molar-refractivity contribution in [3.8, 4) is 11.6 Å². The van der Waals surface area contributed by atoms with Crippen molar-refractivity contribution < 1.29 is 4.74 Å². The van der Waals surface area contributed by atoms with Gasteiger partial charge in [-0.05, 0) is 18.2 Å². The summed E-state index contributed by atoms with van der Waals surface area (Å²) in [5.74, 6) is 1.54. The average molecular weight is 187 g/mol. The van der Waals surface area contributed by atoms with E-state index in [1.165, 1.54) is 0 Å². The molecule has 4 heteroatoms. The van der Waals surface area contributed by atoms with Crippen molar-refractivity contribution in [1.29, 1.82) is 0 Å². The van der Waals surface area contributed by atoms with E-state index in [2.05, 4.69) is 10.2 Å². The highest BCUT2D eigenvalue weighted by molar-refractivity contribution is 5.30. The maximum atomic E-state index is 5.40. The van der Waals surface area contributed by atoms with Crippen molar-refractivity contribution in [3.05, 3.63) is 42.5 Å². The second kappa shape index (κ2) is 3.74. The van der Waals surface area contributed by atoms with E-state index in [1.807, 2.05) is 30.3 Å². The number of benzene rings is 1. The average Bonchev–Trinajstić information content (AvgIpc) is 2.23. The summed E-state index contributed by atoms with van der Waals surface area (Å²) in [4.78, 5) is 0. The van der Waals surface area contributed by atoms with Crippen LogP contribution >= 0.6 is 0 Å². The maximum Gasteiger partial charge on any atom is 0.238 e. The second-order valence-corrected chi connectivity index (χ2v) is 2.71. The quantitative estimate of drug-likeness (QED) is 0.779. The predicted molar refractivity (Wildman–Crippen MR) is 53.0 cm³/mol. The molecule has 0 aliphatic rings. The lowest BCUT2D eigenvalue weighted by molar-refractivity contribution is 0.456. The molecule has 0 radical (unpaired) electrons. The first-order valence-electron chi connectivity index (χ1n) is 4.17. The van der Waals surface area contributed by atoms with E-state index in [9.17, 15) is 0 Å². The molecule has 0 aliphatic carbocycles. The molecule has 1 heterocycles. The van der Waals surface area contributed by atoms with Crippen LogP contribution in [-0.2, 0) is 0 Å². The van der Waals surface area contributed by atoms with Crippen LogP contribution in [-0.4, -0.2) is 10.2 Å². The summed E-state index contributed by atoms with van der Waals surface area (Å²) in [6.45, 7) is 0. The van der Waals surface area contributed by atoms with Crippen LogP contribution in [0, 0.1) is 0 Å². The van der Waals surface area contributed by atoms with E-state index >= 15 is 0 Å². The molecular weight excluding hydrogens is 178 g/mol. The van der Waals surface area contributed by atoms with E-state index in [-0.39, 0.29) is 0 Å². The van der Waals surface area contributed by atoms with Crippen molar-refractivity contribution in [2.45, 2.75) is 0 Å². The fourth-order valence-corrected chi connectivity index (χ4v) is 0.994. The second-order valence-electron chi connectivity index (χ2n) is 2.71. The molecule has 14 heavy (non-hydrogen) atoms. The van der Waals surface area contributed by atoms with Crippen LogP contribution in [0.15, 0.2) is 42.5 Å². The highest BCUT2D eigenvalue weighted by Gasteiger charge is 1.97. The van der Waals surface area contributed by atoms with Gasteiger partial charge >= 0.3 is 0 Å². The number of nitrogen functional groups attached to an aromatic ring is 1. The molecule has 0 unspecified atom stereocenters. The lowest BCUT2D eigenvalue weighted by Crippen LogP contribution is -1.94. The van der Waals surface area contributed by atoms with E-state index < -0.39 is 0 Å². The molecular formula is C10H9N3O. The van der Waals surface area contributed by atoms with Crippen molar-refractivity contribution in [2.75, 3.05) is 5.73 Å². The molecule has 4 nitrogen and oxygen atoms in total. The highest BCUT2D eigenvalue weighted by Crippen LogP contribution is 2.17. The summed E-state index contributed by atoms with van der Waals surface area (Å²) in [6, 6.07) is 12.7. The van der Waals surface area contributed by atoms with Gasteiger partial charge in [-0.15, -0.1) is 10.2 Å². The topological polar surface area (TPSA) is 61.0 Å². The molecule has 2 rings (SSSR count). The van der Waals surface area contributed by atoms with Crippen molar-refractivity contribution in [1.82, 2.24) is 10.2 Å². The minimum atomic E-state index is 0.380. The Hall–Kier alpha value is -2.10. The van der Waals surface area contributed by atoms with Gasteiger partial charge in [-0.3, -0.25) is 0 Å². The zero-order valence-corrected chi connectivity index (χ0v) is 7.42. The van der Waals surface area contributed by atoms with Gasteiger partial charge in [0.15, 0.2) is 0 Å². The summed E-state index contributed by atoms with van der Waals surface area (Å²) < 4.78 is 5.40. The third-order valence-electron chi connectivity index (χ3n) is 1.63. The molecule has 0 spiro atoms. The SMILES string of the molecule is Nc1ccc(Oc2ccccc2)nn1. The first-order valence-corrected chi connectivity index (χ1v) is 4.17. The highest BCUT2D eigenvalue weighted by atomic mass is 16.5. The van der Waals surface area contributed by atoms with Gasteiger partial charge < -0.3 is 10.5 Å². The minimum absolute atomic E-state index is 0.380. The summed E-state index contributed by atoms with van der Waals surface area (Å²) in [5.41, 5.74) is 5.39. The van der Waals surface area contributed by atoms with Gasteiger partial charge in [0, 0.05) is 6.07 Å². The lowest BCUT2D eigenvalue weighted by Gasteiger charge is -2.02. The van der Waals surface area contributed by atoms with Crippen LogP contribution in [0.1, 0.15) is 0 Å². The van der Waals surface area contributed by atoms with E-state index in [0.717, 1.165) is 5.75 Å². The third-order valence-corrected chi connectivity index (χ3v) is 1.63. The van der Waals surface area contributed by atoms with Crippen LogP contribution in [0.2, 0.25) is 0 Å². The number of nitrogens with two attached hydrogens (primary N) is 1. The fourth-order valence-electron chi connectivity index (χ4n) is 0.994. The molecule has 0 aliphatic heterocycles. The Morgan fingerprint density at radius 1 is 0.929 bits per heavy atom. The molecule has 0 saturated carbocycles.